The Bertz CT molecular complexity index is 1740. The molecule has 2 amide bonds. The SMILES string of the molecule is C=CCNc1nc(CC)c(C[C@@H](C)C(C)CC)c(=O)n1-c1ccc(C(=O)N(C)C(=O)C2CCNCC2)cc1.CC=O.Cc1ccc(Br)c(C(F)(F)F)c1. The summed E-state index contributed by atoms with van der Waals surface area (Å²) < 4.78 is 38.3. The molecule has 1 fully saturated rings. The third kappa shape index (κ3) is 12.8. The zero-order valence-electron chi connectivity index (χ0n) is 31.8. The van der Waals surface area contributed by atoms with Gasteiger partial charge >= 0.3 is 6.18 Å². The smallest absolute Gasteiger partial charge is 0.352 e. The summed E-state index contributed by atoms with van der Waals surface area (Å²) >= 11 is 2.85. The van der Waals surface area contributed by atoms with Crippen molar-refractivity contribution in [2.45, 2.75) is 79.8 Å². The molecule has 3 aromatic rings. The molecule has 13 heteroatoms. The van der Waals surface area contributed by atoms with Gasteiger partial charge in [0.15, 0.2) is 0 Å². The van der Waals surface area contributed by atoms with Crippen LogP contribution in [-0.4, -0.2) is 59.2 Å². The van der Waals surface area contributed by atoms with E-state index in [4.69, 9.17) is 9.78 Å². The molecule has 1 unspecified atom stereocenters. The molecule has 0 aliphatic carbocycles. The molecular weight excluding hydrogens is 751 g/mol. The van der Waals surface area contributed by atoms with Gasteiger partial charge in [-0.2, -0.15) is 13.2 Å². The summed E-state index contributed by atoms with van der Waals surface area (Å²) in [6.45, 7) is 17.5. The highest BCUT2D eigenvalue weighted by atomic mass is 79.9. The molecule has 2 N–H and O–H groups in total. The Morgan fingerprint density at radius 2 is 1.72 bits per heavy atom. The van der Waals surface area contributed by atoms with Crippen molar-refractivity contribution in [3.8, 4) is 5.69 Å². The van der Waals surface area contributed by atoms with Gasteiger partial charge in [0.2, 0.25) is 11.9 Å². The van der Waals surface area contributed by atoms with Crippen LogP contribution in [0.15, 0.2) is 64.4 Å². The van der Waals surface area contributed by atoms with Gasteiger partial charge < -0.3 is 15.4 Å². The van der Waals surface area contributed by atoms with Crippen LogP contribution in [0.3, 0.4) is 0 Å². The standard InChI is InChI=1S/C30H43N5O3.C8H6BrF3.C2H4O/c1-7-16-32-30-33-26(9-3)25(19-21(5)20(4)8-2)29(38)35(30)24-12-10-22(11-13-24)27(36)34(6)28(37)23-14-17-31-18-15-23;1-5-2-3-7(9)6(4-5)8(10,11)12;1-2-3/h7,10-13,20-21,23,31H,1,8-9,14-19H2,2-6H3,(H,32,33);2-4H,1H3;2H,1H3/t20?,21-;;/m1../s1. The first-order valence-corrected chi connectivity index (χ1v) is 18.7. The number of carbonyl (C=O) groups excluding carboxylic acids is 3. The highest BCUT2D eigenvalue weighted by Crippen LogP contribution is 2.35. The van der Waals surface area contributed by atoms with Gasteiger partial charge in [0.1, 0.15) is 6.29 Å². The van der Waals surface area contributed by atoms with Crippen LogP contribution in [0.2, 0.25) is 0 Å². The Balaban J connectivity index is 0.000000540. The van der Waals surface area contributed by atoms with E-state index in [2.05, 4.69) is 53.9 Å². The van der Waals surface area contributed by atoms with Crippen molar-refractivity contribution in [3.05, 3.63) is 97.9 Å². The van der Waals surface area contributed by atoms with Crippen molar-refractivity contribution in [1.82, 2.24) is 19.8 Å². The zero-order chi connectivity index (χ0) is 39.9. The maximum Gasteiger partial charge on any atom is 0.417 e. The van der Waals surface area contributed by atoms with E-state index in [1.807, 2.05) is 6.92 Å². The third-order valence-electron chi connectivity index (χ3n) is 9.27. The normalized spacial score (nSPS) is 14.0. The monoisotopic (exact) mass is 803 g/mol. The number of nitrogens with zero attached hydrogens (tertiary/aromatic N) is 3. The van der Waals surface area contributed by atoms with Gasteiger partial charge in [0.25, 0.3) is 11.5 Å². The van der Waals surface area contributed by atoms with Crippen LogP contribution in [0, 0.1) is 24.7 Å². The van der Waals surface area contributed by atoms with Crippen LogP contribution >= 0.6 is 15.9 Å². The fraction of sp³-hybridized carbons (Fsp3) is 0.475. The van der Waals surface area contributed by atoms with Crippen molar-refractivity contribution in [3.63, 3.8) is 0 Å². The molecular formula is C40H53BrF3N5O4. The molecule has 4 rings (SSSR count). The van der Waals surface area contributed by atoms with E-state index < -0.39 is 11.7 Å². The van der Waals surface area contributed by atoms with Crippen LogP contribution in [0.25, 0.3) is 5.69 Å². The number of piperidine rings is 1. The Labute approximate surface area is 319 Å². The number of aryl methyl sites for hydroxylation is 2. The van der Waals surface area contributed by atoms with Gasteiger partial charge in [0, 0.05) is 35.1 Å². The Morgan fingerprint density at radius 1 is 1.11 bits per heavy atom. The highest BCUT2D eigenvalue weighted by Gasteiger charge is 2.33. The number of amides is 2. The lowest BCUT2D eigenvalue weighted by atomic mass is 9.87. The number of aldehydes is 1. The molecule has 53 heavy (non-hydrogen) atoms. The van der Waals surface area contributed by atoms with Crippen molar-refractivity contribution in [2.75, 3.05) is 32.0 Å². The number of alkyl halides is 3. The molecule has 2 atom stereocenters. The van der Waals surface area contributed by atoms with Gasteiger partial charge in [-0.1, -0.05) is 67.8 Å². The lowest BCUT2D eigenvalue weighted by Gasteiger charge is -2.26. The molecule has 9 nitrogen and oxygen atoms in total. The summed E-state index contributed by atoms with van der Waals surface area (Å²) in [4.78, 5) is 54.7. The number of rotatable bonds is 11. The van der Waals surface area contributed by atoms with Crippen molar-refractivity contribution in [2.24, 2.45) is 17.8 Å². The van der Waals surface area contributed by atoms with Crippen LogP contribution < -0.4 is 16.2 Å². The fourth-order valence-corrected chi connectivity index (χ4v) is 6.26. The summed E-state index contributed by atoms with van der Waals surface area (Å²) in [5, 5.41) is 6.45. The number of carbonyl (C=O) groups is 3. The largest absolute Gasteiger partial charge is 0.417 e. The molecule has 1 aliphatic rings. The van der Waals surface area contributed by atoms with Gasteiger partial charge in [0.05, 0.1) is 16.9 Å². The second-order valence-corrected chi connectivity index (χ2v) is 13.9. The average Bonchev–Trinajstić information content (AvgIpc) is 3.15. The Kier molecular flexibility index (Phi) is 18.3. The number of hydrogen-bond acceptors (Lipinski definition) is 7. The molecule has 1 saturated heterocycles. The minimum Gasteiger partial charge on any atom is -0.352 e. The predicted octanol–water partition coefficient (Wildman–Crippen LogP) is 8.20. The number of imide groups is 1. The van der Waals surface area contributed by atoms with Gasteiger partial charge in [-0.3, -0.25) is 19.3 Å². The molecule has 2 heterocycles. The van der Waals surface area contributed by atoms with Crippen molar-refractivity contribution >= 4 is 40.0 Å². The summed E-state index contributed by atoms with van der Waals surface area (Å²) in [6.07, 6.45) is 2.03. The van der Waals surface area contributed by atoms with E-state index in [1.54, 1.807) is 54.9 Å². The first kappa shape index (κ1) is 45.1. The lowest BCUT2D eigenvalue weighted by Crippen LogP contribution is -2.41. The number of hydrogen-bond donors (Lipinski definition) is 2. The topological polar surface area (TPSA) is 113 Å². The molecule has 0 radical (unpaired) electrons. The van der Waals surface area contributed by atoms with Crippen LogP contribution in [0.5, 0.6) is 0 Å². The van der Waals surface area contributed by atoms with Crippen LogP contribution in [-0.2, 0) is 28.6 Å². The van der Waals surface area contributed by atoms with Crippen molar-refractivity contribution < 1.29 is 27.6 Å². The Morgan fingerprint density at radius 3 is 2.23 bits per heavy atom. The molecule has 290 valence electrons. The summed E-state index contributed by atoms with van der Waals surface area (Å²) in [5.41, 5.74) is 2.42. The van der Waals surface area contributed by atoms with Gasteiger partial charge in [-0.25, -0.2) is 9.55 Å². The summed E-state index contributed by atoms with van der Waals surface area (Å²) in [7, 11) is 1.54. The minimum atomic E-state index is -4.27. The summed E-state index contributed by atoms with van der Waals surface area (Å²) in [6, 6.07) is 11.0. The van der Waals surface area contributed by atoms with E-state index in [9.17, 15) is 27.6 Å². The second kappa shape index (κ2) is 21.6. The maximum absolute atomic E-state index is 13.9. The average molecular weight is 805 g/mol. The number of aromatic nitrogens is 2. The molecule has 0 saturated carbocycles. The minimum absolute atomic E-state index is 0.0839. The van der Waals surface area contributed by atoms with Gasteiger partial charge in [-0.05, 0) is 101 Å². The second-order valence-electron chi connectivity index (χ2n) is 13.1. The molecule has 2 aromatic carbocycles. The quantitative estimate of drug-likeness (QED) is 0.114. The van der Waals surface area contributed by atoms with E-state index in [0.717, 1.165) is 56.0 Å². The third-order valence-corrected chi connectivity index (χ3v) is 9.96. The molecule has 0 bridgehead atoms. The van der Waals surface area contributed by atoms with Crippen LogP contribution in [0.4, 0.5) is 19.1 Å². The maximum atomic E-state index is 13.9. The molecule has 1 aliphatic heterocycles. The first-order chi connectivity index (χ1) is 25.0. The van der Waals surface area contributed by atoms with E-state index in [0.29, 0.717) is 54.0 Å². The Hall–Kier alpha value is -4.10. The van der Waals surface area contributed by atoms with E-state index >= 15 is 0 Å². The number of anilines is 1. The lowest BCUT2D eigenvalue weighted by molar-refractivity contribution is -0.138. The number of nitrogens with one attached hydrogen (secondary N) is 2. The number of halogens is 4. The first-order valence-electron chi connectivity index (χ1n) is 17.9. The van der Waals surface area contributed by atoms with Gasteiger partial charge in [-0.15, -0.1) is 6.58 Å². The van der Waals surface area contributed by atoms with E-state index in [-0.39, 0.29) is 27.8 Å². The fourth-order valence-electron chi connectivity index (χ4n) is 5.79. The van der Waals surface area contributed by atoms with Crippen LogP contribution in [0.1, 0.15) is 86.6 Å². The zero-order valence-corrected chi connectivity index (χ0v) is 33.4. The van der Waals surface area contributed by atoms with E-state index in [1.165, 1.54) is 17.9 Å². The molecule has 1 aromatic heterocycles. The highest BCUT2D eigenvalue weighted by molar-refractivity contribution is 9.10. The summed E-state index contributed by atoms with van der Waals surface area (Å²) in [5.74, 6) is 0.645. The van der Waals surface area contributed by atoms with Crippen molar-refractivity contribution in [1.29, 1.82) is 0 Å². The molecule has 0 spiro atoms. The number of benzene rings is 2. The predicted molar refractivity (Wildman–Crippen MR) is 209 cm³/mol.